The summed E-state index contributed by atoms with van der Waals surface area (Å²) in [6, 6.07) is 24.8. The minimum absolute atomic E-state index is 0.000540. The van der Waals surface area contributed by atoms with Gasteiger partial charge in [0, 0.05) is 43.2 Å². The van der Waals surface area contributed by atoms with E-state index in [1.165, 1.54) is 35.4 Å². The summed E-state index contributed by atoms with van der Waals surface area (Å²) in [5.74, 6) is -1.89. The summed E-state index contributed by atoms with van der Waals surface area (Å²) >= 11 is 0. The number of amides is 6. The first-order valence-corrected chi connectivity index (χ1v) is 26.0. The van der Waals surface area contributed by atoms with Crippen LogP contribution in [0, 0.1) is 16.0 Å². The van der Waals surface area contributed by atoms with E-state index in [0.29, 0.717) is 77.3 Å². The fourth-order valence-electron chi connectivity index (χ4n) is 7.89. The molecule has 24 heteroatoms. The van der Waals surface area contributed by atoms with Crippen molar-refractivity contribution < 1.29 is 76.3 Å². The SMILES string of the molecule is CC(C)C(NC(=O)CCOCCOCCOCCOCCOCCOCCNC(=O)OCC1c2ccccc2-c2ccccc21)C(=O)NC(CCCNC(N)=O)C(=O)Nc1ccc(COC(=O)Oc2ccc([N+](=O)[O-])cc2)cc1. The summed E-state index contributed by atoms with van der Waals surface area (Å²) in [4.78, 5) is 85.9. The molecule has 0 saturated carbocycles. The second kappa shape index (κ2) is 34.9. The highest BCUT2D eigenvalue weighted by atomic mass is 16.7. The third-order valence-corrected chi connectivity index (χ3v) is 11.9. The molecule has 24 nitrogen and oxygen atoms in total. The van der Waals surface area contributed by atoms with Gasteiger partial charge in [-0.3, -0.25) is 24.5 Å². The Labute approximate surface area is 458 Å². The molecular formula is C55H71N7O17. The molecule has 0 aliphatic heterocycles. The van der Waals surface area contributed by atoms with Crippen LogP contribution in [0.15, 0.2) is 97.1 Å². The van der Waals surface area contributed by atoms with Crippen LogP contribution in [-0.2, 0) is 58.9 Å². The van der Waals surface area contributed by atoms with Gasteiger partial charge in [-0.25, -0.2) is 14.4 Å². The maximum Gasteiger partial charge on any atom is 0.514 e. The number of rotatable bonds is 37. The zero-order valence-corrected chi connectivity index (χ0v) is 44.4. The average molecular weight is 1100 g/mol. The van der Waals surface area contributed by atoms with Crippen molar-refractivity contribution in [1.82, 2.24) is 21.3 Å². The Hall–Kier alpha value is -7.74. The lowest BCUT2D eigenvalue weighted by atomic mass is 9.98. The minimum atomic E-state index is -1.07. The second-order valence-electron chi connectivity index (χ2n) is 18.0. The van der Waals surface area contributed by atoms with E-state index in [0.717, 1.165) is 11.1 Å². The number of nitrogens with two attached hydrogens (primary N) is 1. The topological polar surface area (TPSA) is 315 Å². The van der Waals surface area contributed by atoms with E-state index in [1.807, 2.05) is 24.3 Å². The molecule has 0 heterocycles. The van der Waals surface area contributed by atoms with Gasteiger partial charge in [-0.05, 0) is 70.8 Å². The number of hydrogen-bond donors (Lipinski definition) is 6. The van der Waals surface area contributed by atoms with Gasteiger partial charge in [0.05, 0.1) is 84.2 Å². The number of benzene rings is 4. The summed E-state index contributed by atoms with van der Waals surface area (Å²) in [6.07, 6.45) is -1.16. The molecule has 7 N–H and O–H groups in total. The number of nitrogens with zero attached hydrogens (tertiary/aromatic N) is 1. The van der Waals surface area contributed by atoms with Crippen molar-refractivity contribution in [2.45, 2.75) is 57.7 Å². The molecule has 0 aromatic heterocycles. The molecule has 0 bridgehead atoms. The van der Waals surface area contributed by atoms with Crippen LogP contribution in [0.4, 0.5) is 25.8 Å². The zero-order chi connectivity index (χ0) is 56.6. The average Bonchev–Trinajstić information content (AvgIpc) is 3.95. The van der Waals surface area contributed by atoms with Crippen molar-refractivity contribution in [3.63, 3.8) is 0 Å². The number of hydrogen-bond acceptors (Lipinski definition) is 17. The molecule has 1 aliphatic carbocycles. The third kappa shape index (κ3) is 23.0. The Morgan fingerprint density at radius 2 is 1.16 bits per heavy atom. The Bertz CT molecular complexity index is 2510. The molecule has 79 heavy (non-hydrogen) atoms. The normalized spacial score (nSPS) is 12.3. The molecule has 0 saturated heterocycles. The van der Waals surface area contributed by atoms with Crippen LogP contribution in [0.1, 0.15) is 55.7 Å². The fraction of sp³-hybridized carbons (Fsp3) is 0.455. The van der Waals surface area contributed by atoms with Crippen molar-refractivity contribution in [2.75, 3.05) is 104 Å². The quantitative estimate of drug-likeness (QED) is 0.0109. The van der Waals surface area contributed by atoms with Crippen LogP contribution in [0.2, 0.25) is 0 Å². The third-order valence-electron chi connectivity index (χ3n) is 11.9. The summed E-state index contributed by atoms with van der Waals surface area (Å²) in [6.45, 7) is 7.89. The van der Waals surface area contributed by atoms with Crippen molar-refractivity contribution in [2.24, 2.45) is 11.7 Å². The lowest BCUT2D eigenvalue weighted by Gasteiger charge is -2.25. The van der Waals surface area contributed by atoms with Gasteiger partial charge in [0.25, 0.3) is 5.69 Å². The van der Waals surface area contributed by atoms with E-state index in [9.17, 15) is 38.9 Å². The summed E-state index contributed by atoms with van der Waals surface area (Å²) in [5, 5.41) is 24.2. The number of anilines is 1. The van der Waals surface area contributed by atoms with Crippen LogP contribution in [0.5, 0.6) is 5.75 Å². The van der Waals surface area contributed by atoms with E-state index in [2.05, 4.69) is 50.8 Å². The molecule has 5 rings (SSSR count). The maximum atomic E-state index is 13.5. The molecule has 0 spiro atoms. The number of primary amides is 1. The standard InChI is InChI=1S/C55H71N7O17/c1-38(2)50(52(65)60-48(12-7-22-57-53(56)66)51(64)59-40-15-13-39(14-16-40)36-78-55(68)79-42-19-17-41(18-20-42)62(69)70)61-49(63)21-24-71-26-28-73-30-32-75-34-35-76-33-31-74-29-27-72-25-23-58-54(67)77-37-47-45-10-5-3-8-43(45)44-9-4-6-11-46(44)47/h3-6,8-11,13-20,38,47-48,50H,7,12,21-37H2,1-2H3,(H,58,67)(H,59,64)(H,60,65)(H,61,63)(H3,56,57,66). The van der Waals surface area contributed by atoms with Crippen LogP contribution >= 0.6 is 0 Å². The number of ether oxygens (including phenoxy) is 9. The van der Waals surface area contributed by atoms with Gasteiger partial charge in [-0.2, -0.15) is 0 Å². The first kappa shape index (κ1) is 62.1. The number of fused-ring (bicyclic) bond motifs is 3. The highest BCUT2D eigenvalue weighted by molar-refractivity contribution is 5.98. The number of carbonyl (C=O) groups excluding carboxylic acids is 6. The van der Waals surface area contributed by atoms with Gasteiger partial charge >= 0.3 is 18.3 Å². The minimum Gasteiger partial charge on any atom is -0.449 e. The Balaban J connectivity index is 0.843. The van der Waals surface area contributed by atoms with Crippen LogP contribution in [0.25, 0.3) is 11.1 Å². The first-order valence-electron chi connectivity index (χ1n) is 26.0. The highest BCUT2D eigenvalue weighted by Crippen LogP contribution is 2.44. The van der Waals surface area contributed by atoms with E-state index >= 15 is 0 Å². The smallest absolute Gasteiger partial charge is 0.449 e. The molecule has 2 unspecified atom stereocenters. The molecule has 6 amide bonds. The molecule has 0 fully saturated rings. The second-order valence-corrected chi connectivity index (χ2v) is 18.0. The van der Waals surface area contributed by atoms with E-state index < -0.39 is 53.0 Å². The van der Waals surface area contributed by atoms with Gasteiger partial charge in [0.1, 0.15) is 31.0 Å². The predicted molar refractivity (Wildman–Crippen MR) is 287 cm³/mol. The van der Waals surface area contributed by atoms with Gasteiger partial charge in [0.2, 0.25) is 17.7 Å². The van der Waals surface area contributed by atoms with Crippen molar-refractivity contribution >= 4 is 47.4 Å². The summed E-state index contributed by atoms with van der Waals surface area (Å²) < 4.78 is 48.9. The van der Waals surface area contributed by atoms with E-state index in [4.69, 9.17) is 48.4 Å². The Kier molecular flexibility index (Phi) is 27.4. The number of non-ortho nitro benzene ring substituents is 1. The van der Waals surface area contributed by atoms with Gasteiger partial charge in [0.15, 0.2) is 0 Å². The number of urea groups is 1. The molecule has 0 radical (unpaired) electrons. The summed E-state index contributed by atoms with van der Waals surface area (Å²) in [5.41, 5.74) is 10.6. The largest absolute Gasteiger partial charge is 0.514 e. The van der Waals surface area contributed by atoms with E-state index in [-0.39, 0.29) is 82.1 Å². The Morgan fingerprint density at radius 1 is 0.620 bits per heavy atom. The fourth-order valence-corrected chi connectivity index (χ4v) is 7.89. The van der Waals surface area contributed by atoms with Crippen molar-refractivity contribution in [3.8, 4) is 16.9 Å². The van der Waals surface area contributed by atoms with Gasteiger partial charge in [-0.1, -0.05) is 74.5 Å². The monoisotopic (exact) mass is 1100 g/mol. The molecule has 1 aliphatic rings. The molecule has 2 atom stereocenters. The highest BCUT2D eigenvalue weighted by Gasteiger charge is 2.30. The lowest BCUT2D eigenvalue weighted by molar-refractivity contribution is -0.384. The van der Waals surface area contributed by atoms with Gasteiger partial charge in [-0.15, -0.1) is 0 Å². The number of carbonyl (C=O) groups is 6. The summed E-state index contributed by atoms with van der Waals surface area (Å²) in [7, 11) is 0. The first-order chi connectivity index (χ1) is 38.3. The van der Waals surface area contributed by atoms with Crippen LogP contribution < -0.4 is 37.1 Å². The predicted octanol–water partition coefficient (Wildman–Crippen LogP) is 5.35. The maximum absolute atomic E-state index is 13.5. The number of nitro groups is 1. The number of nitro benzene ring substituents is 1. The van der Waals surface area contributed by atoms with Crippen LogP contribution in [0.3, 0.4) is 0 Å². The molecule has 428 valence electrons. The zero-order valence-electron chi connectivity index (χ0n) is 44.4. The molecular weight excluding hydrogens is 1030 g/mol. The van der Waals surface area contributed by atoms with Gasteiger partial charge < -0.3 is 74.9 Å². The van der Waals surface area contributed by atoms with E-state index in [1.54, 1.807) is 38.1 Å². The Morgan fingerprint density at radius 3 is 1.71 bits per heavy atom. The molecule has 4 aromatic carbocycles. The molecule has 4 aromatic rings. The number of nitrogens with one attached hydrogen (secondary N) is 5. The number of alkyl carbamates (subject to hydrolysis) is 1. The van der Waals surface area contributed by atoms with Crippen LogP contribution in [-0.4, -0.2) is 152 Å². The van der Waals surface area contributed by atoms with Crippen molar-refractivity contribution in [3.05, 3.63) is 124 Å². The lowest BCUT2D eigenvalue weighted by Crippen LogP contribution is -2.54. The van der Waals surface area contributed by atoms with Crippen molar-refractivity contribution in [1.29, 1.82) is 0 Å².